The van der Waals surface area contributed by atoms with Crippen LogP contribution in [-0.4, -0.2) is 75.5 Å². The summed E-state index contributed by atoms with van der Waals surface area (Å²) in [5.74, 6) is 0.916. The van der Waals surface area contributed by atoms with Crippen molar-refractivity contribution in [3.8, 4) is 0 Å². The zero-order chi connectivity index (χ0) is 18.3. The molecule has 2 atom stereocenters. The number of aliphatic imine (C=N–C) groups is 1. The van der Waals surface area contributed by atoms with E-state index in [1.165, 1.54) is 6.42 Å². The van der Waals surface area contributed by atoms with Crippen LogP contribution in [0.3, 0.4) is 0 Å². The van der Waals surface area contributed by atoms with Gasteiger partial charge < -0.3 is 20.1 Å². The van der Waals surface area contributed by atoms with Crippen molar-refractivity contribution in [2.24, 2.45) is 4.99 Å². The molecule has 0 saturated carbocycles. The van der Waals surface area contributed by atoms with E-state index in [2.05, 4.69) is 48.2 Å². The number of ether oxygens (including phenoxy) is 2. The van der Waals surface area contributed by atoms with Gasteiger partial charge >= 0.3 is 0 Å². The van der Waals surface area contributed by atoms with Crippen LogP contribution in [-0.2, 0) is 9.47 Å². The van der Waals surface area contributed by atoms with Crippen molar-refractivity contribution in [1.82, 2.24) is 15.5 Å². The quantitative estimate of drug-likeness (QED) is 0.319. The van der Waals surface area contributed by atoms with Crippen LogP contribution in [0.4, 0.5) is 0 Å². The lowest BCUT2D eigenvalue weighted by molar-refractivity contribution is -0.0679. The van der Waals surface area contributed by atoms with Gasteiger partial charge in [0.15, 0.2) is 5.96 Å². The van der Waals surface area contributed by atoms with Gasteiger partial charge in [-0.2, -0.15) is 0 Å². The van der Waals surface area contributed by atoms with Gasteiger partial charge in [0, 0.05) is 52.5 Å². The minimum atomic E-state index is 0.343. The molecular formula is C19H40N4O2. The standard InChI is InChI=1S/C19H40N4O2/c1-5-7-13-24-14-9-11-22-19(20-6-2)21-10-8-12-23-15-17(3)25-18(4)16-23/h17-18H,5-16H2,1-4H3,(H2,20,21,22). The Morgan fingerprint density at radius 1 is 1.08 bits per heavy atom. The van der Waals surface area contributed by atoms with Crippen molar-refractivity contribution in [2.75, 3.05) is 52.5 Å². The van der Waals surface area contributed by atoms with Gasteiger partial charge in [-0.25, -0.2) is 0 Å². The molecule has 1 aliphatic rings. The zero-order valence-electron chi connectivity index (χ0n) is 16.9. The minimum Gasteiger partial charge on any atom is -0.381 e. The first-order valence-corrected chi connectivity index (χ1v) is 10.1. The van der Waals surface area contributed by atoms with Crippen LogP contribution < -0.4 is 10.6 Å². The van der Waals surface area contributed by atoms with Gasteiger partial charge in [-0.3, -0.25) is 9.89 Å². The molecule has 1 aliphatic heterocycles. The number of rotatable bonds is 12. The van der Waals surface area contributed by atoms with Gasteiger partial charge in [-0.1, -0.05) is 13.3 Å². The smallest absolute Gasteiger partial charge is 0.191 e. The van der Waals surface area contributed by atoms with Crippen molar-refractivity contribution in [2.45, 2.75) is 65.6 Å². The number of guanidine groups is 1. The molecule has 1 saturated heterocycles. The fourth-order valence-electron chi connectivity index (χ4n) is 3.02. The van der Waals surface area contributed by atoms with Crippen molar-refractivity contribution in [3.63, 3.8) is 0 Å². The SMILES string of the molecule is CCCCOCCCN=C(NCC)NCCCN1CC(C)OC(C)C1. The number of hydrogen-bond donors (Lipinski definition) is 2. The molecule has 148 valence electrons. The molecule has 0 aromatic rings. The maximum atomic E-state index is 5.78. The third kappa shape index (κ3) is 11.4. The van der Waals surface area contributed by atoms with E-state index in [4.69, 9.17) is 9.47 Å². The Kier molecular flexibility index (Phi) is 12.7. The average molecular weight is 357 g/mol. The number of nitrogens with zero attached hydrogens (tertiary/aromatic N) is 2. The summed E-state index contributed by atoms with van der Waals surface area (Å²) in [6.07, 6.45) is 5.11. The van der Waals surface area contributed by atoms with Crippen LogP contribution in [0.1, 0.15) is 53.4 Å². The van der Waals surface area contributed by atoms with Crippen LogP contribution in [0.5, 0.6) is 0 Å². The Hall–Kier alpha value is -0.850. The summed E-state index contributed by atoms with van der Waals surface area (Å²) in [6.45, 7) is 16.1. The van der Waals surface area contributed by atoms with Gasteiger partial charge in [0.1, 0.15) is 0 Å². The van der Waals surface area contributed by atoms with Crippen molar-refractivity contribution < 1.29 is 9.47 Å². The highest BCUT2D eigenvalue weighted by Crippen LogP contribution is 2.10. The molecule has 0 aliphatic carbocycles. The maximum Gasteiger partial charge on any atom is 0.191 e. The first-order valence-electron chi connectivity index (χ1n) is 10.1. The van der Waals surface area contributed by atoms with E-state index >= 15 is 0 Å². The number of morpholine rings is 1. The Labute approximate surface area is 154 Å². The highest BCUT2D eigenvalue weighted by atomic mass is 16.5. The first kappa shape index (κ1) is 22.2. The molecule has 0 aromatic carbocycles. The van der Waals surface area contributed by atoms with Gasteiger partial charge in [-0.15, -0.1) is 0 Å². The normalized spacial score (nSPS) is 22.2. The second-order valence-corrected chi connectivity index (χ2v) is 6.88. The summed E-state index contributed by atoms with van der Waals surface area (Å²) < 4.78 is 11.4. The van der Waals surface area contributed by atoms with E-state index in [9.17, 15) is 0 Å². The molecule has 2 unspecified atom stereocenters. The average Bonchev–Trinajstić information content (AvgIpc) is 2.57. The Bertz CT molecular complexity index is 342. The highest BCUT2D eigenvalue weighted by molar-refractivity contribution is 5.79. The van der Waals surface area contributed by atoms with Crippen LogP contribution in [0, 0.1) is 0 Å². The molecule has 0 amide bonds. The van der Waals surface area contributed by atoms with E-state index in [1.54, 1.807) is 0 Å². The molecule has 6 nitrogen and oxygen atoms in total. The molecule has 1 fully saturated rings. The number of hydrogen-bond acceptors (Lipinski definition) is 4. The molecule has 2 N–H and O–H groups in total. The molecule has 6 heteroatoms. The van der Waals surface area contributed by atoms with Crippen molar-refractivity contribution in [1.29, 1.82) is 0 Å². The molecule has 0 aromatic heterocycles. The van der Waals surface area contributed by atoms with E-state index in [0.29, 0.717) is 12.2 Å². The Morgan fingerprint density at radius 3 is 2.48 bits per heavy atom. The minimum absolute atomic E-state index is 0.343. The van der Waals surface area contributed by atoms with Crippen LogP contribution in [0.2, 0.25) is 0 Å². The van der Waals surface area contributed by atoms with Crippen LogP contribution in [0.25, 0.3) is 0 Å². The maximum absolute atomic E-state index is 5.78. The molecule has 0 spiro atoms. The fourth-order valence-corrected chi connectivity index (χ4v) is 3.02. The predicted octanol–water partition coefficient (Wildman–Crippen LogP) is 2.25. The summed E-state index contributed by atoms with van der Waals surface area (Å²) in [7, 11) is 0. The fraction of sp³-hybridized carbons (Fsp3) is 0.947. The summed E-state index contributed by atoms with van der Waals surface area (Å²) in [5.41, 5.74) is 0. The van der Waals surface area contributed by atoms with E-state index in [0.717, 1.165) is 77.7 Å². The second-order valence-electron chi connectivity index (χ2n) is 6.88. The lowest BCUT2D eigenvalue weighted by atomic mass is 10.2. The zero-order valence-corrected chi connectivity index (χ0v) is 16.9. The largest absolute Gasteiger partial charge is 0.381 e. The monoisotopic (exact) mass is 356 g/mol. The molecule has 1 heterocycles. The third-order valence-corrected chi connectivity index (χ3v) is 4.14. The summed E-state index contributed by atoms with van der Waals surface area (Å²) in [4.78, 5) is 7.12. The molecular weight excluding hydrogens is 316 g/mol. The molecule has 0 radical (unpaired) electrons. The lowest BCUT2D eigenvalue weighted by Gasteiger charge is -2.35. The van der Waals surface area contributed by atoms with E-state index < -0.39 is 0 Å². The van der Waals surface area contributed by atoms with Gasteiger partial charge in [0.2, 0.25) is 0 Å². The second kappa shape index (κ2) is 14.3. The van der Waals surface area contributed by atoms with Crippen LogP contribution in [0.15, 0.2) is 4.99 Å². The van der Waals surface area contributed by atoms with Crippen molar-refractivity contribution in [3.05, 3.63) is 0 Å². The van der Waals surface area contributed by atoms with Crippen LogP contribution >= 0.6 is 0 Å². The summed E-state index contributed by atoms with van der Waals surface area (Å²) >= 11 is 0. The predicted molar refractivity (Wildman–Crippen MR) is 105 cm³/mol. The third-order valence-electron chi connectivity index (χ3n) is 4.14. The van der Waals surface area contributed by atoms with E-state index in [1.807, 2.05) is 0 Å². The first-order chi connectivity index (χ1) is 12.2. The van der Waals surface area contributed by atoms with Gasteiger partial charge in [0.05, 0.1) is 12.2 Å². The van der Waals surface area contributed by atoms with Gasteiger partial charge in [0.25, 0.3) is 0 Å². The lowest BCUT2D eigenvalue weighted by Crippen LogP contribution is -2.46. The molecule has 25 heavy (non-hydrogen) atoms. The summed E-state index contributed by atoms with van der Waals surface area (Å²) in [6, 6.07) is 0. The summed E-state index contributed by atoms with van der Waals surface area (Å²) in [5, 5.41) is 6.74. The Morgan fingerprint density at radius 2 is 1.80 bits per heavy atom. The van der Waals surface area contributed by atoms with E-state index in [-0.39, 0.29) is 0 Å². The molecule has 0 bridgehead atoms. The topological polar surface area (TPSA) is 58.1 Å². The number of unbranched alkanes of at least 4 members (excludes halogenated alkanes) is 1. The Balaban J connectivity index is 2.13. The van der Waals surface area contributed by atoms with Crippen molar-refractivity contribution >= 4 is 5.96 Å². The number of nitrogens with one attached hydrogen (secondary N) is 2. The molecule has 1 rings (SSSR count). The highest BCUT2D eigenvalue weighted by Gasteiger charge is 2.21. The van der Waals surface area contributed by atoms with Gasteiger partial charge in [-0.05, 0) is 40.0 Å².